The zero-order chi connectivity index (χ0) is 16.1. The predicted molar refractivity (Wildman–Crippen MR) is 92.6 cm³/mol. The second-order valence-electron chi connectivity index (χ2n) is 5.02. The number of aryl methyl sites for hydroxylation is 1. The molecule has 5 heteroatoms. The van der Waals surface area contributed by atoms with Crippen LogP contribution < -0.4 is 4.74 Å². The van der Waals surface area contributed by atoms with Crippen molar-refractivity contribution in [2.75, 3.05) is 7.11 Å². The Morgan fingerprint density at radius 3 is 2.57 bits per heavy atom. The summed E-state index contributed by atoms with van der Waals surface area (Å²) in [5.41, 5.74) is 2.96. The van der Waals surface area contributed by atoms with Gasteiger partial charge in [0.1, 0.15) is 16.5 Å². The van der Waals surface area contributed by atoms with Crippen molar-refractivity contribution in [3.63, 3.8) is 0 Å². The van der Waals surface area contributed by atoms with Crippen molar-refractivity contribution in [1.29, 1.82) is 0 Å². The van der Waals surface area contributed by atoms with Gasteiger partial charge < -0.3 is 4.74 Å². The summed E-state index contributed by atoms with van der Waals surface area (Å²) >= 11 is 1.69. The smallest absolute Gasteiger partial charge is 0.179 e. The fraction of sp³-hybridized carbons (Fsp3) is 0.167. The van der Waals surface area contributed by atoms with Gasteiger partial charge in [0.2, 0.25) is 0 Å². The van der Waals surface area contributed by atoms with E-state index in [2.05, 4.69) is 27.1 Å². The molecule has 3 aromatic rings. The quantitative estimate of drug-likeness (QED) is 0.521. The van der Waals surface area contributed by atoms with E-state index in [-0.39, 0.29) is 0 Å². The molecule has 3 rings (SSSR count). The van der Waals surface area contributed by atoms with Gasteiger partial charge in [-0.1, -0.05) is 18.2 Å². The van der Waals surface area contributed by atoms with Gasteiger partial charge in [0.25, 0.3) is 0 Å². The number of thioether (sulfide) groups is 1. The van der Waals surface area contributed by atoms with E-state index < -0.39 is 0 Å². The van der Waals surface area contributed by atoms with Crippen LogP contribution in [0, 0.1) is 6.92 Å². The third-order valence-corrected chi connectivity index (χ3v) is 4.25. The van der Waals surface area contributed by atoms with Crippen molar-refractivity contribution in [2.24, 2.45) is 0 Å². The lowest BCUT2D eigenvalue weighted by Gasteiger charge is -2.06. The maximum absolute atomic E-state index is 5.18. The number of ether oxygens (including phenoxy) is 1. The summed E-state index contributed by atoms with van der Waals surface area (Å²) < 4.78 is 5.18. The highest BCUT2D eigenvalue weighted by molar-refractivity contribution is 7.98. The van der Waals surface area contributed by atoms with Crippen LogP contribution in [-0.2, 0) is 5.75 Å². The number of nitrogens with zero attached hydrogens (tertiary/aromatic N) is 3. The van der Waals surface area contributed by atoms with Crippen molar-refractivity contribution >= 4 is 11.8 Å². The highest BCUT2D eigenvalue weighted by Crippen LogP contribution is 2.24. The Morgan fingerprint density at radius 2 is 1.87 bits per heavy atom. The maximum atomic E-state index is 5.18. The fourth-order valence-electron chi connectivity index (χ4n) is 2.10. The molecule has 0 atom stereocenters. The fourth-order valence-corrected chi connectivity index (χ4v) is 3.01. The summed E-state index contributed by atoms with van der Waals surface area (Å²) in [6.45, 7) is 1.98. The first-order chi connectivity index (χ1) is 11.2. The molecule has 2 heterocycles. The first kappa shape index (κ1) is 15.5. The second-order valence-corrected chi connectivity index (χ2v) is 6.02. The Kier molecular flexibility index (Phi) is 4.88. The van der Waals surface area contributed by atoms with Gasteiger partial charge in [-0.25, -0.2) is 9.97 Å². The third-order valence-electron chi connectivity index (χ3n) is 3.27. The number of hydrogen-bond donors (Lipinski definition) is 0. The molecule has 0 fully saturated rings. The van der Waals surface area contributed by atoms with Crippen LogP contribution in [0.25, 0.3) is 11.5 Å². The van der Waals surface area contributed by atoms with Gasteiger partial charge in [-0.3, -0.25) is 4.98 Å². The molecule has 0 N–H and O–H groups in total. The summed E-state index contributed by atoms with van der Waals surface area (Å²) in [4.78, 5) is 13.4. The Bertz CT molecular complexity index is 776. The van der Waals surface area contributed by atoms with E-state index >= 15 is 0 Å². The molecular formula is C18H17N3OS. The first-order valence-corrected chi connectivity index (χ1v) is 8.26. The van der Waals surface area contributed by atoms with Gasteiger partial charge in [-0.05, 0) is 42.8 Å². The Morgan fingerprint density at radius 1 is 1.04 bits per heavy atom. The topological polar surface area (TPSA) is 47.9 Å². The summed E-state index contributed by atoms with van der Waals surface area (Å²) in [6, 6.07) is 15.8. The number of pyridine rings is 1. The van der Waals surface area contributed by atoms with Crippen LogP contribution >= 0.6 is 11.8 Å². The molecule has 2 aromatic heterocycles. The van der Waals surface area contributed by atoms with Crippen molar-refractivity contribution in [3.8, 4) is 17.3 Å². The lowest BCUT2D eigenvalue weighted by atomic mass is 10.2. The first-order valence-electron chi connectivity index (χ1n) is 7.27. The van der Waals surface area contributed by atoms with E-state index in [1.165, 1.54) is 5.56 Å². The average molecular weight is 323 g/mol. The molecule has 4 nitrogen and oxygen atoms in total. The highest BCUT2D eigenvalue weighted by atomic mass is 32.2. The van der Waals surface area contributed by atoms with Gasteiger partial charge in [0.05, 0.1) is 7.11 Å². The molecule has 116 valence electrons. The Balaban J connectivity index is 1.76. The number of benzene rings is 1. The Hall–Kier alpha value is -2.40. The molecule has 0 saturated carbocycles. The maximum Gasteiger partial charge on any atom is 0.179 e. The number of methoxy groups -OCH3 is 1. The molecule has 0 saturated heterocycles. The largest absolute Gasteiger partial charge is 0.497 e. The molecule has 23 heavy (non-hydrogen) atoms. The van der Waals surface area contributed by atoms with E-state index in [0.717, 1.165) is 27.9 Å². The summed E-state index contributed by atoms with van der Waals surface area (Å²) in [5.74, 6) is 2.39. The molecule has 0 spiro atoms. The van der Waals surface area contributed by atoms with Gasteiger partial charge in [0.15, 0.2) is 5.82 Å². The second kappa shape index (κ2) is 7.24. The van der Waals surface area contributed by atoms with E-state index in [4.69, 9.17) is 4.74 Å². The van der Waals surface area contributed by atoms with E-state index in [1.54, 1.807) is 25.1 Å². The van der Waals surface area contributed by atoms with E-state index in [1.807, 2.05) is 43.3 Å². The average Bonchev–Trinajstić information content (AvgIpc) is 2.61. The van der Waals surface area contributed by atoms with Crippen LogP contribution in [0.4, 0.5) is 0 Å². The van der Waals surface area contributed by atoms with Gasteiger partial charge in [0, 0.05) is 17.6 Å². The molecule has 0 bridgehead atoms. The Labute approximate surface area is 140 Å². The molecule has 0 aliphatic heterocycles. The van der Waals surface area contributed by atoms with Crippen LogP contribution in [0.3, 0.4) is 0 Å². The number of rotatable bonds is 5. The van der Waals surface area contributed by atoms with Crippen molar-refractivity contribution in [1.82, 2.24) is 15.0 Å². The van der Waals surface area contributed by atoms with Gasteiger partial charge >= 0.3 is 0 Å². The zero-order valence-electron chi connectivity index (χ0n) is 13.1. The van der Waals surface area contributed by atoms with Crippen LogP contribution in [0.5, 0.6) is 5.75 Å². The monoisotopic (exact) mass is 323 g/mol. The molecule has 1 aromatic carbocycles. The SMILES string of the molecule is COc1ccc(CSc2cc(C)nc(-c3ccccn3)n2)cc1. The van der Waals surface area contributed by atoms with Crippen LogP contribution in [-0.4, -0.2) is 22.1 Å². The van der Waals surface area contributed by atoms with Crippen molar-refractivity contribution in [2.45, 2.75) is 17.7 Å². The number of aromatic nitrogens is 3. The molecule has 0 amide bonds. The minimum absolute atomic E-state index is 0.669. The molecule has 0 aliphatic carbocycles. The van der Waals surface area contributed by atoms with Crippen molar-refractivity contribution < 1.29 is 4.74 Å². The molecule has 0 unspecified atom stereocenters. The summed E-state index contributed by atoms with van der Waals surface area (Å²) in [6.07, 6.45) is 1.76. The number of hydrogen-bond acceptors (Lipinski definition) is 5. The van der Waals surface area contributed by atoms with Crippen molar-refractivity contribution in [3.05, 3.63) is 66.0 Å². The summed E-state index contributed by atoms with van der Waals surface area (Å²) in [5, 5.41) is 0.953. The zero-order valence-corrected chi connectivity index (χ0v) is 13.9. The van der Waals surface area contributed by atoms with Crippen LogP contribution in [0.15, 0.2) is 59.8 Å². The minimum atomic E-state index is 0.669. The standard InChI is InChI=1S/C18H17N3OS/c1-13-11-17(21-18(20-13)16-5-3-4-10-19-16)23-12-14-6-8-15(22-2)9-7-14/h3-11H,12H2,1-2H3. The normalized spacial score (nSPS) is 10.5. The third kappa shape index (κ3) is 4.07. The lowest BCUT2D eigenvalue weighted by Crippen LogP contribution is -1.95. The van der Waals surface area contributed by atoms with Gasteiger partial charge in [-0.15, -0.1) is 11.8 Å². The highest BCUT2D eigenvalue weighted by Gasteiger charge is 2.07. The van der Waals surface area contributed by atoms with Gasteiger partial charge in [-0.2, -0.15) is 0 Å². The predicted octanol–water partition coefficient (Wildman–Crippen LogP) is 4.15. The van der Waals surface area contributed by atoms with E-state index in [0.29, 0.717) is 5.82 Å². The van der Waals surface area contributed by atoms with E-state index in [9.17, 15) is 0 Å². The lowest BCUT2D eigenvalue weighted by molar-refractivity contribution is 0.414. The molecule has 0 aliphatic rings. The molecule has 0 radical (unpaired) electrons. The molecular weight excluding hydrogens is 306 g/mol. The summed E-state index contributed by atoms with van der Waals surface area (Å²) in [7, 11) is 1.67. The van der Waals surface area contributed by atoms with Crippen LogP contribution in [0.1, 0.15) is 11.3 Å². The minimum Gasteiger partial charge on any atom is -0.497 e. The van der Waals surface area contributed by atoms with Crippen LogP contribution in [0.2, 0.25) is 0 Å².